The van der Waals surface area contributed by atoms with Gasteiger partial charge in [-0.1, -0.05) is 48.0 Å². The van der Waals surface area contributed by atoms with Crippen molar-refractivity contribution in [2.45, 2.75) is 25.7 Å². The molecule has 0 bridgehead atoms. The number of hydrogen-bond donors (Lipinski definition) is 1. The Labute approximate surface area is 161 Å². The molecule has 1 aromatic heterocycles. The number of para-hydroxylation sites is 1. The first-order valence-corrected chi connectivity index (χ1v) is 9.46. The summed E-state index contributed by atoms with van der Waals surface area (Å²) in [6, 6.07) is 16.9. The van der Waals surface area contributed by atoms with Crippen LogP contribution in [0.15, 0.2) is 54.7 Å². The third kappa shape index (κ3) is 4.58. The Hall–Kier alpha value is -2.59. The lowest BCUT2D eigenvalue weighted by molar-refractivity contribution is -0.121. The largest absolute Gasteiger partial charge is 0.385 e. The van der Waals surface area contributed by atoms with Crippen molar-refractivity contribution in [2.75, 3.05) is 20.3 Å². The zero-order valence-corrected chi connectivity index (χ0v) is 16.4. The smallest absolute Gasteiger partial charge is 0.220 e. The number of carbonyl (C=O) groups is 1. The molecule has 0 saturated carbocycles. The van der Waals surface area contributed by atoms with Crippen molar-refractivity contribution >= 4 is 16.8 Å². The highest BCUT2D eigenvalue weighted by Crippen LogP contribution is 2.34. The molecule has 142 valence electrons. The Morgan fingerprint density at radius 3 is 2.63 bits per heavy atom. The molecule has 0 radical (unpaired) electrons. The Kier molecular flexibility index (Phi) is 6.30. The summed E-state index contributed by atoms with van der Waals surface area (Å²) in [5.41, 5.74) is 4.78. The van der Waals surface area contributed by atoms with Crippen LogP contribution in [0.4, 0.5) is 0 Å². The lowest BCUT2D eigenvalue weighted by Gasteiger charge is -2.17. The molecule has 1 amide bonds. The van der Waals surface area contributed by atoms with Gasteiger partial charge in [-0.25, -0.2) is 0 Å². The van der Waals surface area contributed by atoms with Gasteiger partial charge in [-0.2, -0.15) is 0 Å². The van der Waals surface area contributed by atoms with E-state index < -0.39 is 0 Å². The van der Waals surface area contributed by atoms with Crippen LogP contribution in [-0.2, 0) is 16.6 Å². The number of amides is 1. The molecule has 0 aliphatic carbocycles. The summed E-state index contributed by atoms with van der Waals surface area (Å²) in [5.74, 6) is 0.101. The summed E-state index contributed by atoms with van der Waals surface area (Å²) < 4.78 is 7.19. The van der Waals surface area contributed by atoms with Crippen molar-refractivity contribution in [3.63, 3.8) is 0 Å². The second-order valence-corrected chi connectivity index (χ2v) is 7.08. The lowest BCUT2D eigenvalue weighted by Crippen LogP contribution is -2.27. The van der Waals surface area contributed by atoms with Gasteiger partial charge in [0.25, 0.3) is 0 Å². The standard InChI is InChI=1S/C23H28N2O2/c1-17-9-11-18(12-10-17)20(15-23(26)24-13-6-14-27-3)21-16-25(2)22-8-5-4-7-19(21)22/h4-5,7-12,16,20H,6,13-15H2,1-3H3,(H,24,26). The van der Waals surface area contributed by atoms with Crippen molar-refractivity contribution < 1.29 is 9.53 Å². The van der Waals surface area contributed by atoms with Crippen molar-refractivity contribution in [2.24, 2.45) is 7.05 Å². The number of hydrogen-bond acceptors (Lipinski definition) is 2. The molecule has 1 N–H and O–H groups in total. The third-order valence-corrected chi connectivity index (χ3v) is 5.02. The Bertz CT molecular complexity index is 896. The molecule has 4 heteroatoms. The van der Waals surface area contributed by atoms with E-state index in [2.05, 4.69) is 78.6 Å². The third-order valence-electron chi connectivity index (χ3n) is 5.02. The zero-order chi connectivity index (χ0) is 19.2. The molecule has 2 aromatic carbocycles. The number of ether oxygens (including phenoxy) is 1. The molecule has 0 fully saturated rings. The van der Waals surface area contributed by atoms with E-state index in [-0.39, 0.29) is 11.8 Å². The number of carbonyl (C=O) groups excluding carboxylic acids is 1. The maximum Gasteiger partial charge on any atom is 0.220 e. The predicted octanol–water partition coefficient (Wildman–Crippen LogP) is 4.16. The molecule has 1 unspecified atom stereocenters. The number of benzene rings is 2. The number of rotatable bonds is 8. The van der Waals surface area contributed by atoms with Crippen molar-refractivity contribution in [1.29, 1.82) is 0 Å². The molecule has 3 rings (SSSR count). The van der Waals surface area contributed by atoms with Gasteiger partial charge in [0.15, 0.2) is 0 Å². The monoisotopic (exact) mass is 364 g/mol. The van der Waals surface area contributed by atoms with Crippen LogP contribution in [0.3, 0.4) is 0 Å². The summed E-state index contributed by atoms with van der Waals surface area (Å²) in [5, 5.41) is 4.23. The van der Waals surface area contributed by atoms with E-state index in [4.69, 9.17) is 4.74 Å². The minimum absolute atomic E-state index is 0.0270. The molecule has 0 aliphatic rings. The van der Waals surface area contributed by atoms with E-state index in [1.165, 1.54) is 27.6 Å². The first-order valence-electron chi connectivity index (χ1n) is 9.46. The van der Waals surface area contributed by atoms with Gasteiger partial charge in [-0.15, -0.1) is 0 Å². The van der Waals surface area contributed by atoms with Crippen LogP contribution in [0.5, 0.6) is 0 Å². The normalized spacial score (nSPS) is 12.3. The number of methoxy groups -OCH3 is 1. The van der Waals surface area contributed by atoms with Gasteiger partial charge in [-0.3, -0.25) is 4.79 Å². The molecule has 3 aromatic rings. The summed E-state index contributed by atoms with van der Waals surface area (Å²) in [6.45, 7) is 3.38. The lowest BCUT2D eigenvalue weighted by atomic mass is 9.87. The Balaban J connectivity index is 1.90. The molecule has 27 heavy (non-hydrogen) atoms. The molecule has 4 nitrogen and oxygen atoms in total. The van der Waals surface area contributed by atoms with Crippen LogP contribution >= 0.6 is 0 Å². The van der Waals surface area contributed by atoms with Crippen LogP contribution in [-0.4, -0.2) is 30.7 Å². The van der Waals surface area contributed by atoms with Crippen molar-refractivity contribution in [1.82, 2.24) is 9.88 Å². The van der Waals surface area contributed by atoms with Crippen molar-refractivity contribution in [3.05, 3.63) is 71.4 Å². The average Bonchev–Trinajstić information content (AvgIpc) is 3.01. The SMILES string of the molecule is COCCCNC(=O)CC(c1ccc(C)cc1)c1cn(C)c2ccccc12. The fourth-order valence-corrected chi connectivity index (χ4v) is 3.56. The molecule has 1 heterocycles. The first-order chi connectivity index (χ1) is 13.1. The summed E-state index contributed by atoms with van der Waals surface area (Å²) in [6.07, 6.45) is 3.42. The van der Waals surface area contributed by atoms with Gasteiger partial charge >= 0.3 is 0 Å². The van der Waals surface area contributed by atoms with E-state index >= 15 is 0 Å². The van der Waals surface area contributed by atoms with Crippen LogP contribution in [0.2, 0.25) is 0 Å². The second-order valence-electron chi connectivity index (χ2n) is 7.08. The molecule has 0 saturated heterocycles. The van der Waals surface area contributed by atoms with Crippen LogP contribution in [0, 0.1) is 6.92 Å². The maximum atomic E-state index is 12.6. The minimum atomic E-state index is 0.0270. The first kappa shape index (κ1) is 19.2. The minimum Gasteiger partial charge on any atom is -0.385 e. The number of nitrogens with zero attached hydrogens (tertiary/aromatic N) is 1. The van der Waals surface area contributed by atoms with Crippen LogP contribution in [0.25, 0.3) is 10.9 Å². The van der Waals surface area contributed by atoms with Gasteiger partial charge in [0.05, 0.1) is 0 Å². The quantitative estimate of drug-likeness (QED) is 0.610. The second kappa shape index (κ2) is 8.87. The summed E-state index contributed by atoms with van der Waals surface area (Å²) in [4.78, 5) is 12.6. The van der Waals surface area contributed by atoms with E-state index in [1.54, 1.807) is 7.11 Å². The number of fused-ring (bicyclic) bond motifs is 1. The van der Waals surface area contributed by atoms with E-state index in [9.17, 15) is 4.79 Å². The van der Waals surface area contributed by atoms with E-state index in [0.717, 1.165) is 6.42 Å². The molecular formula is C23H28N2O2. The molecule has 0 spiro atoms. The highest BCUT2D eigenvalue weighted by atomic mass is 16.5. The number of aryl methyl sites for hydroxylation is 2. The van der Waals surface area contributed by atoms with Gasteiger partial charge in [0.1, 0.15) is 0 Å². The molecular weight excluding hydrogens is 336 g/mol. The number of aromatic nitrogens is 1. The highest BCUT2D eigenvalue weighted by Gasteiger charge is 2.22. The Morgan fingerprint density at radius 1 is 1.15 bits per heavy atom. The van der Waals surface area contributed by atoms with E-state index in [1.807, 2.05) is 0 Å². The highest BCUT2D eigenvalue weighted by molar-refractivity contribution is 5.86. The van der Waals surface area contributed by atoms with Gasteiger partial charge in [-0.05, 0) is 30.5 Å². The van der Waals surface area contributed by atoms with Gasteiger partial charge < -0.3 is 14.6 Å². The predicted molar refractivity (Wildman–Crippen MR) is 110 cm³/mol. The van der Waals surface area contributed by atoms with Gasteiger partial charge in [0.2, 0.25) is 5.91 Å². The molecule has 0 aliphatic heterocycles. The van der Waals surface area contributed by atoms with Crippen LogP contribution in [0.1, 0.15) is 35.4 Å². The number of nitrogens with one attached hydrogen (secondary N) is 1. The summed E-state index contributed by atoms with van der Waals surface area (Å²) >= 11 is 0. The fourth-order valence-electron chi connectivity index (χ4n) is 3.56. The van der Waals surface area contributed by atoms with Crippen LogP contribution < -0.4 is 5.32 Å². The zero-order valence-electron chi connectivity index (χ0n) is 16.4. The average molecular weight is 364 g/mol. The topological polar surface area (TPSA) is 43.3 Å². The van der Waals surface area contributed by atoms with Crippen molar-refractivity contribution in [3.8, 4) is 0 Å². The summed E-state index contributed by atoms with van der Waals surface area (Å²) in [7, 11) is 3.73. The molecule has 1 atom stereocenters. The van der Waals surface area contributed by atoms with E-state index in [0.29, 0.717) is 19.6 Å². The maximum absolute atomic E-state index is 12.6. The Morgan fingerprint density at radius 2 is 1.89 bits per heavy atom. The van der Waals surface area contributed by atoms with Gasteiger partial charge in [0, 0.05) is 56.7 Å². The fraction of sp³-hybridized carbons (Fsp3) is 0.348.